The van der Waals surface area contributed by atoms with Crippen LogP contribution in [0.1, 0.15) is 17.2 Å². The van der Waals surface area contributed by atoms with Gasteiger partial charge in [0.1, 0.15) is 0 Å². The third-order valence-corrected chi connectivity index (χ3v) is 5.89. The summed E-state index contributed by atoms with van der Waals surface area (Å²) in [5.41, 5.74) is 2.36. The molecule has 0 saturated carbocycles. The van der Waals surface area contributed by atoms with Crippen LogP contribution < -0.4 is 5.32 Å². The first-order valence-corrected chi connectivity index (χ1v) is 10.5. The average molecular weight is 471 g/mol. The number of nitrogens with one attached hydrogen (secondary N) is 1. The highest BCUT2D eigenvalue weighted by Gasteiger charge is 2.41. The van der Waals surface area contributed by atoms with Crippen molar-refractivity contribution in [1.82, 2.24) is 19.6 Å². The largest absolute Gasteiger partial charge is 0.394 e. The molecule has 0 spiro atoms. The average Bonchev–Trinajstić information content (AvgIpc) is 3.41. The van der Waals surface area contributed by atoms with Crippen molar-refractivity contribution in [3.8, 4) is 0 Å². The number of anilines is 1. The number of aliphatic hydroxyl groups excluding tert-OH is 1. The van der Waals surface area contributed by atoms with Gasteiger partial charge in [0.15, 0.2) is 17.5 Å². The van der Waals surface area contributed by atoms with E-state index in [-0.39, 0.29) is 30.6 Å². The lowest BCUT2D eigenvalue weighted by atomic mass is 10.1. The number of guanidine groups is 2. The zero-order valence-electron chi connectivity index (χ0n) is 18.3. The number of urea groups is 1. The van der Waals surface area contributed by atoms with Gasteiger partial charge in [-0.1, -0.05) is 0 Å². The Bertz CT molecular complexity index is 1360. The van der Waals surface area contributed by atoms with Gasteiger partial charge in [-0.2, -0.15) is 10.1 Å². The van der Waals surface area contributed by atoms with Crippen LogP contribution in [0.3, 0.4) is 0 Å². The molecule has 2 amide bonds. The summed E-state index contributed by atoms with van der Waals surface area (Å²) in [4.78, 5) is 23.8. The second-order valence-electron chi connectivity index (χ2n) is 8.04. The minimum atomic E-state index is -1.55. The third-order valence-electron chi connectivity index (χ3n) is 5.89. The molecule has 0 aliphatic carbocycles. The summed E-state index contributed by atoms with van der Waals surface area (Å²) in [6, 6.07) is 4.26. The number of hydrogen-bond acceptors (Lipinski definition) is 6. The number of benzene rings is 2. The lowest BCUT2D eigenvalue weighted by Crippen LogP contribution is -2.53. The first-order valence-electron chi connectivity index (χ1n) is 10.5. The maximum atomic E-state index is 14.0. The number of carbonyl (C=O) groups is 1. The molecule has 0 fully saturated rings. The number of aliphatic hydroxyl groups is 1. The monoisotopic (exact) mass is 471 g/mol. The molecular formula is C22H20F3N7O2. The smallest absolute Gasteiger partial charge is 0.353 e. The van der Waals surface area contributed by atoms with Gasteiger partial charge in [0, 0.05) is 18.1 Å². The van der Waals surface area contributed by atoms with Crippen LogP contribution in [0.25, 0.3) is 10.9 Å². The van der Waals surface area contributed by atoms with Gasteiger partial charge in [0.25, 0.3) is 0 Å². The van der Waals surface area contributed by atoms with Crippen LogP contribution in [-0.4, -0.2) is 62.8 Å². The molecule has 12 heteroatoms. The molecule has 2 N–H and O–H groups in total. The molecule has 2 aliphatic rings. The number of aryl methyl sites for hydroxylation is 1. The third kappa shape index (κ3) is 3.46. The zero-order valence-corrected chi connectivity index (χ0v) is 18.3. The summed E-state index contributed by atoms with van der Waals surface area (Å²) >= 11 is 0. The number of amides is 2. The van der Waals surface area contributed by atoms with Gasteiger partial charge in [-0.15, -0.1) is 0 Å². The quantitative estimate of drug-likeness (QED) is 0.570. The summed E-state index contributed by atoms with van der Waals surface area (Å²) < 4.78 is 43.1. The fourth-order valence-corrected chi connectivity index (χ4v) is 4.16. The normalized spacial score (nSPS) is 17.8. The number of aliphatic imine (C=N–C) groups is 2. The van der Waals surface area contributed by atoms with Gasteiger partial charge in [-0.25, -0.2) is 23.0 Å². The van der Waals surface area contributed by atoms with Crippen molar-refractivity contribution >= 4 is 34.5 Å². The molecular weight excluding hydrogens is 451 g/mol. The number of aromatic nitrogens is 2. The van der Waals surface area contributed by atoms with E-state index in [9.17, 15) is 23.1 Å². The van der Waals surface area contributed by atoms with Crippen molar-refractivity contribution in [3.63, 3.8) is 0 Å². The number of fused-ring (bicyclic) bond motifs is 2. The van der Waals surface area contributed by atoms with Crippen LogP contribution in [0.15, 0.2) is 40.4 Å². The van der Waals surface area contributed by atoms with Crippen molar-refractivity contribution in [1.29, 1.82) is 0 Å². The van der Waals surface area contributed by atoms with Gasteiger partial charge in [0.2, 0.25) is 11.9 Å². The van der Waals surface area contributed by atoms with Crippen molar-refractivity contribution < 1.29 is 23.1 Å². The van der Waals surface area contributed by atoms with E-state index in [1.165, 1.54) is 11.9 Å². The molecule has 3 heterocycles. The van der Waals surface area contributed by atoms with E-state index in [1.807, 2.05) is 19.1 Å². The Morgan fingerprint density at radius 1 is 1.18 bits per heavy atom. The standard InChI is InChI=1S/C22H20F3N7O2/c1-11-5-13-9-27-31(3-4-33)17(13)8-16(11)28-20-29-22(34)30(2)21-26-10-18(32(20)21)12-6-14(23)19(25)15(24)7-12/h5-9,18,33H,3-4,10H2,1-2H3,(H,28,29,34). The van der Waals surface area contributed by atoms with Crippen LogP contribution in [-0.2, 0) is 6.54 Å². The first kappa shape index (κ1) is 21.9. The van der Waals surface area contributed by atoms with Gasteiger partial charge in [-0.3, -0.25) is 14.5 Å². The minimum Gasteiger partial charge on any atom is -0.394 e. The van der Waals surface area contributed by atoms with E-state index in [2.05, 4.69) is 20.4 Å². The molecule has 1 atom stereocenters. The molecule has 176 valence electrons. The fourth-order valence-electron chi connectivity index (χ4n) is 4.16. The van der Waals surface area contributed by atoms with E-state index in [4.69, 9.17) is 0 Å². The molecule has 0 saturated heterocycles. The molecule has 9 nitrogen and oxygen atoms in total. The van der Waals surface area contributed by atoms with Crippen LogP contribution in [0.4, 0.5) is 23.7 Å². The van der Waals surface area contributed by atoms with Crippen molar-refractivity contribution in [2.24, 2.45) is 9.98 Å². The van der Waals surface area contributed by atoms with E-state index >= 15 is 0 Å². The van der Waals surface area contributed by atoms with Crippen LogP contribution in [0.2, 0.25) is 0 Å². The molecule has 1 aromatic heterocycles. The summed E-state index contributed by atoms with van der Waals surface area (Å²) in [6.07, 6.45) is 1.69. The van der Waals surface area contributed by atoms with E-state index in [0.717, 1.165) is 28.6 Å². The lowest BCUT2D eigenvalue weighted by molar-refractivity contribution is 0.230. The molecule has 2 aliphatic heterocycles. The topological polar surface area (TPSA) is 98.3 Å². The van der Waals surface area contributed by atoms with Gasteiger partial charge >= 0.3 is 6.03 Å². The summed E-state index contributed by atoms with van der Waals surface area (Å²) in [5, 5.41) is 17.6. The highest BCUT2D eigenvalue weighted by Crippen LogP contribution is 2.33. The van der Waals surface area contributed by atoms with E-state index < -0.39 is 29.5 Å². The Balaban J connectivity index is 1.56. The second-order valence-corrected chi connectivity index (χ2v) is 8.04. The Hall–Kier alpha value is -3.93. The van der Waals surface area contributed by atoms with Crippen LogP contribution in [0.5, 0.6) is 0 Å². The lowest BCUT2D eigenvalue weighted by Gasteiger charge is -2.35. The maximum Gasteiger partial charge on any atom is 0.353 e. The Morgan fingerprint density at radius 3 is 2.62 bits per heavy atom. The van der Waals surface area contributed by atoms with Crippen LogP contribution >= 0.6 is 0 Å². The fraction of sp³-hybridized carbons (Fsp3) is 0.273. The summed E-state index contributed by atoms with van der Waals surface area (Å²) in [5.74, 6) is -3.80. The Morgan fingerprint density at radius 2 is 1.91 bits per heavy atom. The molecule has 1 unspecified atom stereocenters. The molecule has 0 radical (unpaired) electrons. The zero-order chi connectivity index (χ0) is 24.1. The number of rotatable bonds is 4. The molecule has 5 rings (SSSR count). The second kappa shape index (κ2) is 8.13. The Kier molecular flexibility index (Phi) is 5.24. The SMILES string of the molecule is Cc1cc2cnn(CCO)c2cc1NC1=NC(=O)N(C)C2=NCC(c3cc(F)c(F)c(F)c3)N12. The molecule has 0 bridgehead atoms. The molecule has 2 aromatic carbocycles. The number of nitrogens with zero attached hydrogens (tertiary/aromatic N) is 6. The van der Waals surface area contributed by atoms with Gasteiger partial charge in [-0.05, 0) is 42.3 Å². The highest BCUT2D eigenvalue weighted by molar-refractivity contribution is 6.17. The predicted molar refractivity (Wildman–Crippen MR) is 119 cm³/mol. The predicted octanol–water partition coefficient (Wildman–Crippen LogP) is 3.00. The molecule has 3 aromatic rings. The van der Waals surface area contributed by atoms with E-state index in [1.54, 1.807) is 15.8 Å². The van der Waals surface area contributed by atoms with Gasteiger partial charge < -0.3 is 10.4 Å². The summed E-state index contributed by atoms with van der Waals surface area (Å²) in [6.45, 7) is 2.17. The van der Waals surface area contributed by atoms with Crippen LogP contribution in [0, 0.1) is 24.4 Å². The minimum absolute atomic E-state index is 0.0823. The van der Waals surface area contributed by atoms with Gasteiger partial charge in [0.05, 0.1) is 37.5 Å². The molecule has 34 heavy (non-hydrogen) atoms. The number of halogens is 3. The Labute approximate surface area is 191 Å². The van der Waals surface area contributed by atoms with Crippen molar-refractivity contribution in [2.45, 2.75) is 19.5 Å². The van der Waals surface area contributed by atoms with E-state index in [0.29, 0.717) is 12.2 Å². The highest BCUT2D eigenvalue weighted by atomic mass is 19.2. The van der Waals surface area contributed by atoms with Crippen molar-refractivity contribution in [3.05, 3.63) is 59.0 Å². The van der Waals surface area contributed by atoms with Crippen molar-refractivity contribution in [2.75, 3.05) is 25.5 Å². The first-order chi connectivity index (χ1) is 16.3. The summed E-state index contributed by atoms with van der Waals surface area (Å²) in [7, 11) is 1.49. The number of carbonyl (C=O) groups excluding carboxylic acids is 1. The maximum absolute atomic E-state index is 14.0. The number of hydrogen-bond donors (Lipinski definition) is 2.